The van der Waals surface area contributed by atoms with Gasteiger partial charge in [0, 0.05) is 0 Å². The number of benzene rings is 6. The van der Waals surface area contributed by atoms with E-state index < -0.39 is 0 Å². The summed E-state index contributed by atoms with van der Waals surface area (Å²) < 4.78 is 0. The van der Waals surface area contributed by atoms with E-state index in [9.17, 15) is 0 Å². The summed E-state index contributed by atoms with van der Waals surface area (Å²) >= 11 is 0. The Hall–Kier alpha value is -3.38. The SMILES string of the molecule is c1ccc2cc3c(ccc4cc5ccc6ccccc6c5cc43)cc2c1. The predicted octanol–water partition coefficient (Wildman–Crippen LogP) is 7.45. The standard InChI is InChI=1S/C26H16/c1-2-7-19-15-24-20(13-18(19)6-1)11-12-22-14-21-10-9-17-5-3-4-8-23(17)25(21)16-26(22)24/h1-16H. The van der Waals surface area contributed by atoms with Crippen LogP contribution >= 0.6 is 0 Å². The average Bonchev–Trinajstić information content (AvgIpc) is 2.71. The highest BCUT2D eigenvalue weighted by Crippen LogP contribution is 2.34. The van der Waals surface area contributed by atoms with Gasteiger partial charge in [0.05, 0.1) is 0 Å². The maximum Gasteiger partial charge on any atom is -0.00986 e. The smallest absolute Gasteiger partial charge is 0.00986 e. The molecule has 0 heteroatoms. The molecule has 0 bridgehead atoms. The number of hydrogen-bond donors (Lipinski definition) is 0. The molecule has 0 spiro atoms. The first-order valence-electron chi connectivity index (χ1n) is 9.04. The molecular formula is C26H16. The molecule has 6 aromatic carbocycles. The molecule has 6 aromatic rings. The van der Waals surface area contributed by atoms with Crippen LogP contribution in [0.5, 0.6) is 0 Å². The molecule has 0 aliphatic rings. The highest BCUT2D eigenvalue weighted by atomic mass is 14.1. The van der Waals surface area contributed by atoms with Gasteiger partial charge in [-0.25, -0.2) is 0 Å². The van der Waals surface area contributed by atoms with Crippen molar-refractivity contribution in [2.24, 2.45) is 0 Å². The van der Waals surface area contributed by atoms with Crippen LogP contribution in [0.4, 0.5) is 0 Å². The van der Waals surface area contributed by atoms with Crippen molar-refractivity contribution in [1.82, 2.24) is 0 Å². The summed E-state index contributed by atoms with van der Waals surface area (Å²) in [6.07, 6.45) is 0. The molecular weight excluding hydrogens is 312 g/mol. The first-order valence-corrected chi connectivity index (χ1v) is 9.04. The normalized spacial score (nSPS) is 11.8. The zero-order valence-corrected chi connectivity index (χ0v) is 14.2. The van der Waals surface area contributed by atoms with E-state index in [-0.39, 0.29) is 0 Å². The lowest BCUT2D eigenvalue weighted by Crippen LogP contribution is -1.83. The van der Waals surface area contributed by atoms with Crippen molar-refractivity contribution >= 4 is 53.9 Å². The molecule has 0 radical (unpaired) electrons. The lowest BCUT2D eigenvalue weighted by atomic mass is 9.94. The number of rotatable bonds is 0. The topological polar surface area (TPSA) is 0 Å². The van der Waals surface area contributed by atoms with Crippen LogP contribution in [-0.2, 0) is 0 Å². The van der Waals surface area contributed by atoms with E-state index in [1.165, 1.54) is 53.9 Å². The van der Waals surface area contributed by atoms with Crippen molar-refractivity contribution in [2.75, 3.05) is 0 Å². The predicted molar refractivity (Wildman–Crippen MR) is 114 cm³/mol. The van der Waals surface area contributed by atoms with E-state index in [4.69, 9.17) is 0 Å². The zero-order chi connectivity index (χ0) is 17.1. The van der Waals surface area contributed by atoms with Gasteiger partial charge in [0.1, 0.15) is 0 Å². The zero-order valence-electron chi connectivity index (χ0n) is 14.2. The van der Waals surface area contributed by atoms with Gasteiger partial charge in [-0.15, -0.1) is 0 Å². The van der Waals surface area contributed by atoms with Crippen LogP contribution in [0.15, 0.2) is 97.1 Å². The van der Waals surface area contributed by atoms with Crippen molar-refractivity contribution in [3.05, 3.63) is 97.1 Å². The minimum Gasteiger partial charge on any atom is -0.0616 e. The van der Waals surface area contributed by atoms with Crippen LogP contribution in [0.1, 0.15) is 0 Å². The van der Waals surface area contributed by atoms with Crippen LogP contribution in [-0.4, -0.2) is 0 Å². The maximum absolute atomic E-state index is 2.38. The Bertz CT molecular complexity index is 1470. The van der Waals surface area contributed by atoms with E-state index in [0.717, 1.165) is 0 Å². The molecule has 120 valence electrons. The fourth-order valence-electron chi connectivity index (χ4n) is 4.25. The Balaban J connectivity index is 1.83. The molecule has 0 unspecified atom stereocenters. The second kappa shape index (κ2) is 5.06. The van der Waals surface area contributed by atoms with Crippen molar-refractivity contribution in [2.45, 2.75) is 0 Å². The van der Waals surface area contributed by atoms with Crippen LogP contribution in [0.25, 0.3) is 53.9 Å². The van der Waals surface area contributed by atoms with Gasteiger partial charge in [0.15, 0.2) is 0 Å². The van der Waals surface area contributed by atoms with E-state index in [2.05, 4.69) is 97.1 Å². The molecule has 0 aliphatic carbocycles. The minimum absolute atomic E-state index is 1.30. The van der Waals surface area contributed by atoms with Gasteiger partial charge in [-0.05, 0) is 78.1 Å². The summed E-state index contributed by atoms with van der Waals surface area (Å²) in [5.41, 5.74) is 0. The molecule has 0 atom stereocenters. The first-order chi connectivity index (χ1) is 12.9. The Labute approximate surface area is 151 Å². The summed E-state index contributed by atoms with van der Waals surface area (Å²) in [6.45, 7) is 0. The summed E-state index contributed by atoms with van der Waals surface area (Å²) in [6, 6.07) is 35.6. The average molecular weight is 328 g/mol. The molecule has 6 rings (SSSR count). The monoisotopic (exact) mass is 328 g/mol. The summed E-state index contributed by atoms with van der Waals surface area (Å²) in [5, 5.41) is 13.1. The molecule has 0 N–H and O–H groups in total. The largest absolute Gasteiger partial charge is 0.0616 e. The van der Waals surface area contributed by atoms with Crippen molar-refractivity contribution < 1.29 is 0 Å². The van der Waals surface area contributed by atoms with Gasteiger partial charge in [-0.3, -0.25) is 0 Å². The van der Waals surface area contributed by atoms with Crippen LogP contribution in [0.2, 0.25) is 0 Å². The summed E-state index contributed by atoms with van der Waals surface area (Å²) in [5.74, 6) is 0. The minimum atomic E-state index is 1.30. The van der Waals surface area contributed by atoms with Crippen molar-refractivity contribution in [3.8, 4) is 0 Å². The van der Waals surface area contributed by atoms with Crippen LogP contribution < -0.4 is 0 Å². The quantitative estimate of drug-likeness (QED) is 0.200. The van der Waals surface area contributed by atoms with Gasteiger partial charge >= 0.3 is 0 Å². The number of fused-ring (bicyclic) bond motifs is 7. The second-order valence-corrected chi connectivity index (χ2v) is 7.07. The fourth-order valence-corrected chi connectivity index (χ4v) is 4.25. The third-order valence-corrected chi connectivity index (χ3v) is 5.57. The Morgan fingerprint density at radius 2 is 0.731 bits per heavy atom. The lowest BCUT2D eigenvalue weighted by molar-refractivity contribution is 1.78. The first kappa shape index (κ1) is 13.9. The third kappa shape index (κ3) is 1.90. The summed E-state index contributed by atoms with van der Waals surface area (Å²) in [7, 11) is 0. The van der Waals surface area contributed by atoms with E-state index in [0.29, 0.717) is 0 Å². The Morgan fingerprint density at radius 1 is 0.269 bits per heavy atom. The Morgan fingerprint density at radius 3 is 1.46 bits per heavy atom. The highest BCUT2D eigenvalue weighted by molar-refractivity contribution is 6.19. The van der Waals surface area contributed by atoms with Gasteiger partial charge in [0.25, 0.3) is 0 Å². The third-order valence-electron chi connectivity index (χ3n) is 5.57. The second-order valence-electron chi connectivity index (χ2n) is 7.07. The van der Waals surface area contributed by atoms with Gasteiger partial charge in [-0.2, -0.15) is 0 Å². The van der Waals surface area contributed by atoms with Crippen LogP contribution in [0, 0.1) is 0 Å². The van der Waals surface area contributed by atoms with E-state index >= 15 is 0 Å². The Kier molecular flexibility index (Phi) is 2.70. The van der Waals surface area contributed by atoms with Crippen molar-refractivity contribution in [3.63, 3.8) is 0 Å². The maximum atomic E-state index is 2.38. The highest BCUT2D eigenvalue weighted by Gasteiger charge is 2.07. The molecule has 0 saturated heterocycles. The molecule has 0 amide bonds. The van der Waals surface area contributed by atoms with Gasteiger partial charge in [0.2, 0.25) is 0 Å². The molecule has 0 aromatic heterocycles. The summed E-state index contributed by atoms with van der Waals surface area (Å²) in [4.78, 5) is 0. The molecule has 0 heterocycles. The molecule has 0 nitrogen and oxygen atoms in total. The van der Waals surface area contributed by atoms with Gasteiger partial charge in [-0.1, -0.05) is 72.8 Å². The molecule has 0 aliphatic heterocycles. The van der Waals surface area contributed by atoms with E-state index in [1.807, 2.05) is 0 Å². The lowest BCUT2D eigenvalue weighted by Gasteiger charge is -2.10. The molecule has 0 saturated carbocycles. The van der Waals surface area contributed by atoms with Crippen LogP contribution in [0.3, 0.4) is 0 Å². The van der Waals surface area contributed by atoms with E-state index in [1.54, 1.807) is 0 Å². The fraction of sp³-hybridized carbons (Fsp3) is 0. The number of hydrogen-bond acceptors (Lipinski definition) is 0. The molecule has 0 fully saturated rings. The van der Waals surface area contributed by atoms with Crippen molar-refractivity contribution in [1.29, 1.82) is 0 Å². The van der Waals surface area contributed by atoms with Gasteiger partial charge < -0.3 is 0 Å². The molecule has 26 heavy (non-hydrogen) atoms.